The van der Waals surface area contributed by atoms with Crippen LogP contribution in [0.4, 0.5) is 0 Å². The van der Waals surface area contributed by atoms with E-state index in [9.17, 15) is 0 Å². The van der Waals surface area contributed by atoms with Crippen molar-refractivity contribution in [3.05, 3.63) is 47.8 Å². The van der Waals surface area contributed by atoms with Crippen molar-refractivity contribution in [3.63, 3.8) is 0 Å². The minimum absolute atomic E-state index is 0.397. The normalized spacial score (nSPS) is 20.0. The van der Waals surface area contributed by atoms with Crippen LogP contribution in [0.1, 0.15) is 50.0 Å². The third-order valence-corrected chi connectivity index (χ3v) is 5.89. The Bertz CT molecular complexity index is 743. The van der Waals surface area contributed by atoms with Gasteiger partial charge in [-0.1, -0.05) is 55.8 Å². The van der Waals surface area contributed by atoms with Gasteiger partial charge in [-0.25, -0.2) is 4.68 Å². The first-order valence-electron chi connectivity index (χ1n) is 10.8. The van der Waals surface area contributed by atoms with Gasteiger partial charge in [-0.3, -0.25) is 9.80 Å². The molecule has 1 aliphatic carbocycles. The van der Waals surface area contributed by atoms with Crippen LogP contribution in [0.25, 0.3) is 6.08 Å². The summed E-state index contributed by atoms with van der Waals surface area (Å²) in [7, 11) is 0. The number of piperazine rings is 1. The minimum atomic E-state index is 0.397. The van der Waals surface area contributed by atoms with Crippen LogP contribution >= 0.6 is 0 Å². The van der Waals surface area contributed by atoms with Crippen molar-refractivity contribution in [1.82, 2.24) is 30.0 Å². The van der Waals surface area contributed by atoms with Gasteiger partial charge in [-0.05, 0) is 41.2 Å². The van der Waals surface area contributed by atoms with Crippen molar-refractivity contribution >= 4 is 6.08 Å². The lowest BCUT2D eigenvalue weighted by atomic mass is 10.1. The maximum atomic E-state index is 4.44. The van der Waals surface area contributed by atoms with E-state index < -0.39 is 0 Å². The second-order valence-electron chi connectivity index (χ2n) is 8.05. The van der Waals surface area contributed by atoms with Gasteiger partial charge in [0, 0.05) is 39.3 Å². The predicted octanol–water partition coefficient (Wildman–Crippen LogP) is 3.26. The third-order valence-electron chi connectivity index (χ3n) is 5.89. The van der Waals surface area contributed by atoms with E-state index in [1.54, 1.807) is 0 Å². The molecule has 2 aliphatic rings. The molecular weight excluding hydrogens is 348 g/mol. The summed E-state index contributed by atoms with van der Waals surface area (Å²) in [4.78, 5) is 5.17. The van der Waals surface area contributed by atoms with Crippen LogP contribution in [0.3, 0.4) is 0 Å². The van der Waals surface area contributed by atoms with Gasteiger partial charge in [0.2, 0.25) is 0 Å². The van der Waals surface area contributed by atoms with Crippen LogP contribution in [0.2, 0.25) is 0 Å². The molecule has 0 amide bonds. The first kappa shape index (κ1) is 19.3. The van der Waals surface area contributed by atoms with Crippen molar-refractivity contribution in [2.24, 2.45) is 5.92 Å². The molecule has 2 heterocycles. The topological polar surface area (TPSA) is 50.1 Å². The molecule has 2 fully saturated rings. The summed E-state index contributed by atoms with van der Waals surface area (Å²) in [6.45, 7) is 8.59. The number of aromatic nitrogens is 4. The van der Waals surface area contributed by atoms with E-state index in [1.807, 2.05) is 0 Å². The van der Waals surface area contributed by atoms with Crippen molar-refractivity contribution in [3.8, 4) is 0 Å². The van der Waals surface area contributed by atoms with Gasteiger partial charge in [-0.2, -0.15) is 0 Å². The Balaban J connectivity index is 1.33. The standard InChI is InChI=1S/C22H32N6/c1-2-3-14-28-22(23-24-25-28)21(20-11-12-20)27-17-15-26(16-18-27)13-7-10-19-8-5-4-6-9-19/h4-10,20-21H,2-3,11-18H2,1H3/b10-7+. The smallest absolute Gasteiger partial charge is 0.168 e. The van der Waals surface area contributed by atoms with Crippen LogP contribution in [-0.4, -0.2) is 62.7 Å². The highest BCUT2D eigenvalue weighted by Crippen LogP contribution is 2.44. The Morgan fingerprint density at radius 1 is 1.11 bits per heavy atom. The average Bonchev–Trinajstić information content (AvgIpc) is 3.46. The highest BCUT2D eigenvalue weighted by atomic mass is 15.6. The molecule has 2 aromatic rings. The molecule has 0 spiro atoms. The quantitative estimate of drug-likeness (QED) is 0.668. The molecule has 6 nitrogen and oxygen atoms in total. The summed E-state index contributed by atoms with van der Waals surface area (Å²) >= 11 is 0. The fourth-order valence-electron chi connectivity index (χ4n) is 4.10. The Kier molecular flexibility index (Phi) is 6.49. The molecule has 1 saturated heterocycles. The van der Waals surface area contributed by atoms with E-state index in [0.717, 1.165) is 57.4 Å². The number of aryl methyl sites for hydroxylation is 1. The van der Waals surface area contributed by atoms with E-state index in [2.05, 4.69) is 79.4 Å². The molecule has 28 heavy (non-hydrogen) atoms. The van der Waals surface area contributed by atoms with Crippen LogP contribution in [0.15, 0.2) is 36.4 Å². The van der Waals surface area contributed by atoms with Gasteiger partial charge >= 0.3 is 0 Å². The Labute approximate surface area is 168 Å². The van der Waals surface area contributed by atoms with Gasteiger partial charge in [0.1, 0.15) is 0 Å². The minimum Gasteiger partial charge on any atom is -0.297 e. The molecule has 1 aromatic carbocycles. The van der Waals surface area contributed by atoms with Gasteiger partial charge < -0.3 is 0 Å². The summed E-state index contributed by atoms with van der Waals surface area (Å²) in [5.41, 5.74) is 1.27. The summed E-state index contributed by atoms with van der Waals surface area (Å²) in [6, 6.07) is 10.9. The number of rotatable bonds is 9. The van der Waals surface area contributed by atoms with Gasteiger partial charge in [0.15, 0.2) is 5.82 Å². The predicted molar refractivity (Wildman–Crippen MR) is 112 cm³/mol. The van der Waals surface area contributed by atoms with E-state index in [-0.39, 0.29) is 0 Å². The second kappa shape index (κ2) is 9.43. The maximum Gasteiger partial charge on any atom is 0.168 e. The molecule has 1 saturated carbocycles. The van der Waals surface area contributed by atoms with Crippen LogP contribution in [0.5, 0.6) is 0 Å². The highest BCUT2D eigenvalue weighted by molar-refractivity contribution is 5.48. The zero-order chi connectivity index (χ0) is 19.2. The monoisotopic (exact) mass is 380 g/mol. The van der Waals surface area contributed by atoms with E-state index in [4.69, 9.17) is 0 Å². The van der Waals surface area contributed by atoms with Crippen molar-refractivity contribution in [2.75, 3.05) is 32.7 Å². The zero-order valence-corrected chi connectivity index (χ0v) is 17.0. The lowest BCUT2D eigenvalue weighted by molar-refractivity contribution is 0.0863. The maximum absolute atomic E-state index is 4.44. The van der Waals surface area contributed by atoms with Crippen molar-refractivity contribution in [1.29, 1.82) is 0 Å². The average molecular weight is 381 g/mol. The van der Waals surface area contributed by atoms with Gasteiger partial charge in [0.05, 0.1) is 6.04 Å². The molecular formula is C22H32N6. The van der Waals surface area contributed by atoms with Crippen LogP contribution in [-0.2, 0) is 6.54 Å². The summed E-state index contributed by atoms with van der Waals surface area (Å²) in [5, 5.41) is 12.7. The molecule has 0 radical (unpaired) electrons. The van der Waals surface area contributed by atoms with Gasteiger partial charge in [-0.15, -0.1) is 5.10 Å². The number of unbranched alkanes of at least 4 members (excludes halogenated alkanes) is 1. The second-order valence-corrected chi connectivity index (χ2v) is 8.05. The molecule has 1 unspecified atom stereocenters. The lowest BCUT2D eigenvalue weighted by Crippen LogP contribution is -2.48. The molecule has 1 aromatic heterocycles. The number of nitrogens with zero attached hydrogens (tertiary/aromatic N) is 6. The van der Waals surface area contributed by atoms with E-state index in [1.165, 1.54) is 24.8 Å². The zero-order valence-electron chi connectivity index (χ0n) is 17.0. The lowest BCUT2D eigenvalue weighted by Gasteiger charge is -2.38. The molecule has 1 aliphatic heterocycles. The molecule has 1 atom stereocenters. The Morgan fingerprint density at radius 3 is 2.61 bits per heavy atom. The highest BCUT2D eigenvalue weighted by Gasteiger charge is 2.40. The van der Waals surface area contributed by atoms with E-state index in [0.29, 0.717) is 6.04 Å². The van der Waals surface area contributed by atoms with Crippen LogP contribution in [0, 0.1) is 5.92 Å². The molecule has 150 valence electrons. The third kappa shape index (κ3) is 4.86. The van der Waals surface area contributed by atoms with Crippen molar-refractivity contribution < 1.29 is 0 Å². The fraction of sp³-hybridized carbons (Fsp3) is 0.591. The number of hydrogen-bond acceptors (Lipinski definition) is 5. The number of benzene rings is 1. The summed E-state index contributed by atoms with van der Waals surface area (Å²) < 4.78 is 2.06. The molecule has 6 heteroatoms. The van der Waals surface area contributed by atoms with E-state index >= 15 is 0 Å². The SMILES string of the molecule is CCCCn1nnnc1C(C1CC1)N1CCN(C/C=C/c2ccccc2)CC1. The van der Waals surface area contributed by atoms with Gasteiger partial charge in [0.25, 0.3) is 0 Å². The Morgan fingerprint density at radius 2 is 1.89 bits per heavy atom. The fourth-order valence-corrected chi connectivity index (χ4v) is 4.10. The first-order chi connectivity index (χ1) is 13.8. The summed E-state index contributed by atoms with van der Waals surface area (Å²) in [6.07, 6.45) is 9.44. The first-order valence-corrected chi connectivity index (χ1v) is 10.8. The molecule has 0 N–H and O–H groups in total. The van der Waals surface area contributed by atoms with Crippen LogP contribution < -0.4 is 0 Å². The molecule has 0 bridgehead atoms. The Hall–Kier alpha value is -2.05. The van der Waals surface area contributed by atoms with Crippen molar-refractivity contribution in [2.45, 2.75) is 45.2 Å². The largest absolute Gasteiger partial charge is 0.297 e. The molecule has 4 rings (SSSR count). The number of hydrogen-bond donors (Lipinski definition) is 0. The summed E-state index contributed by atoms with van der Waals surface area (Å²) in [5.74, 6) is 1.82. The number of tetrazole rings is 1.